The van der Waals surface area contributed by atoms with E-state index in [4.69, 9.17) is 0 Å². The van der Waals surface area contributed by atoms with E-state index < -0.39 is 10.0 Å². The lowest BCUT2D eigenvalue weighted by Crippen LogP contribution is -2.29. The van der Waals surface area contributed by atoms with Crippen LogP contribution < -0.4 is 26.0 Å². The Kier molecular flexibility index (Phi) is 10.9. The van der Waals surface area contributed by atoms with Crippen LogP contribution in [0.4, 0.5) is 29.4 Å². The Hall–Kier alpha value is -5.43. The number of aryl methyl sites for hydroxylation is 1. The zero-order chi connectivity index (χ0) is 34.9. The minimum atomic E-state index is -3.74. The minimum Gasteiger partial charge on any atom is -0.354 e. The van der Waals surface area contributed by atoms with Crippen molar-refractivity contribution in [1.29, 1.82) is 0 Å². The van der Waals surface area contributed by atoms with Crippen LogP contribution in [0.15, 0.2) is 96.0 Å². The van der Waals surface area contributed by atoms with Gasteiger partial charge in [0.25, 0.3) is 10.0 Å². The maximum absolute atomic E-state index is 13.1. The Morgan fingerprint density at radius 1 is 0.760 bits per heavy atom. The molecule has 13 heteroatoms. The van der Waals surface area contributed by atoms with Gasteiger partial charge in [0.05, 0.1) is 4.90 Å². The Labute approximate surface area is 293 Å². The third kappa shape index (κ3) is 9.17. The smallest absolute Gasteiger partial charge is 0.262 e. The number of nitrogens with zero attached hydrogens (tertiary/aromatic N) is 3. The molecule has 50 heavy (non-hydrogen) atoms. The number of anilines is 5. The highest BCUT2D eigenvalue weighted by Gasteiger charge is 2.27. The second-order valence-corrected chi connectivity index (χ2v) is 14.3. The van der Waals surface area contributed by atoms with Gasteiger partial charge >= 0.3 is 0 Å². The summed E-state index contributed by atoms with van der Waals surface area (Å²) >= 11 is 0. The predicted octanol–water partition coefficient (Wildman–Crippen LogP) is 6.70. The van der Waals surface area contributed by atoms with Crippen molar-refractivity contribution in [2.75, 3.05) is 32.5 Å². The quantitative estimate of drug-likeness (QED) is 0.0742. The van der Waals surface area contributed by atoms with Gasteiger partial charge < -0.3 is 26.3 Å². The molecule has 0 atom stereocenters. The predicted molar refractivity (Wildman–Crippen MR) is 197 cm³/mol. The summed E-state index contributed by atoms with van der Waals surface area (Å²) in [5.74, 6) is 2.04. The number of H-pyrrole nitrogens is 1. The van der Waals surface area contributed by atoms with Crippen molar-refractivity contribution in [3.63, 3.8) is 0 Å². The highest BCUT2D eigenvalue weighted by molar-refractivity contribution is 7.92. The largest absolute Gasteiger partial charge is 0.354 e. The summed E-state index contributed by atoms with van der Waals surface area (Å²) in [6.45, 7) is 6.08. The highest BCUT2D eigenvalue weighted by Crippen LogP contribution is 2.30. The summed E-state index contributed by atoms with van der Waals surface area (Å²) in [5.41, 5.74) is 5.35. The lowest BCUT2D eigenvalue weighted by atomic mass is 9.81. The molecule has 2 aromatic heterocycles. The van der Waals surface area contributed by atoms with Crippen molar-refractivity contribution in [3.05, 3.63) is 113 Å². The number of benzene rings is 3. The van der Waals surface area contributed by atoms with Gasteiger partial charge in [-0.25, -0.2) is 8.42 Å². The van der Waals surface area contributed by atoms with Crippen molar-refractivity contribution in [2.45, 2.75) is 57.5 Å². The molecule has 0 unspecified atom stereocenters. The van der Waals surface area contributed by atoms with Gasteiger partial charge in [0.15, 0.2) is 0 Å². The fourth-order valence-electron chi connectivity index (χ4n) is 5.99. The minimum absolute atomic E-state index is 0.0531. The van der Waals surface area contributed by atoms with Gasteiger partial charge in [-0.15, -0.1) is 0 Å². The van der Waals surface area contributed by atoms with Gasteiger partial charge in [-0.05, 0) is 104 Å². The Bertz CT molecular complexity index is 1980. The number of rotatable bonds is 14. The van der Waals surface area contributed by atoms with Crippen LogP contribution in [0.2, 0.25) is 0 Å². The van der Waals surface area contributed by atoms with E-state index in [0.717, 1.165) is 31.2 Å². The summed E-state index contributed by atoms with van der Waals surface area (Å²) in [7, 11) is -3.74. The molecule has 1 fully saturated rings. The standard InChI is InChI=1S/C37H43N9O3S/c1-25-8-6-11-30(26(25)2)24-41-37-44-35(39-22-27-9-4-3-5-10-27)43-36(45-37)40-23-28-13-15-29(16-14-28)34(47)42-31-17-19-32(20-18-31)50(48,49)46-33-12-7-21-38-33/h3-12,17-21,28-29,38,46H,13-16,22-24H2,1-2H3,(H,42,47)(H3,39,40,41,43,44,45). The van der Waals surface area contributed by atoms with Gasteiger partial charge in [0, 0.05) is 37.4 Å². The second-order valence-electron chi connectivity index (χ2n) is 12.7. The maximum atomic E-state index is 13.1. The fourth-order valence-corrected chi connectivity index (χ4v) is 7.02. The van der Waals surface area contributed by atoms with E-state index in [-0.39, 0.29) is 16.7 Å². The number of nitrogens with one attached hydrogen (secondary N) is 6. The molecule has 0 aliphatic heterocycles. The average molecular weight is 694 g/mol. The molecule has 1 amide bonds. The van der Waals surface area contributed by atoms with Gasteiger partial charge in [0.2, 0.25) is 23.8 Å². The van der Waals surface area contributed by atoms with Crippen molar-refractivity contribution >= 4 is 45.3 Å². The molecule has 0 saturated heterocycles. The lowest BCUT2D eigenvalue weighted by molar-refractivity contribution is -0.121. The zero-order valence-electron chi connectivity index (χ0n) is 28.2. The van der Waals surface area contributed by atoms with Crippen LogP contribution in [0.5, 0.6) is 0 Å². The van der Waals surface area contributed by atoms with Crippen LogP contribution in [0.1, 0.15) is 47.9 Å². The number of hydrogen-bond acceptors (Lipinski definition) is 9. The van der Waals surface area contributed by atoms with Crippen molar-refractivity contribution in [3.8, 4) is 0 Å². The molecule has 1 aliphatic rings. The van der Waals surface area contributed by atoms with E-state index in [9.17, 15) is 13.2 Å². The molecule has 0 radical (unpaired) electrons. The van der Waals surface area contributed by atoms with Crippen LogP contribution in [-0.4, -0.2) is 40.8 Å². The van der Waals surface area contributed by atoms with E-state index in [1.165, 1.54) is 28.8 Å². The first-order valence-electron chi connectivity index (χ1n) is 16.9. The van der Waals surface area contributed by atoms with Crippen LogP contribution in [0.25, 0.3) is 0 Å². The highest BCUT2D eigenvalue weighted by atomic mass is 32.2. The molecule has 0 spiro atoms. The summed E-state index contributed by atoms with van der Waals surface area (Å²) in [6.07, 6.45) is 4.92. The first-order valence-corrected chi connectivity index (χ1v) is 18.3. The van der Waals surface area contributed by atoms with Gasteiger partial charge in [-0.1, -0.05) is 48.5 Å². The first kappa shape index (κ1) is 34.4. The van der Waals surface area contributed by atoms with Gasteiger partial charge in [-0.3, -0.25) is 9.52 Å². The average Bonchev–Trinajstić information content (AvgIpc) is 3.64. The second kappa shape index (κ2) is 15.9. The van der Waals surface area contributed by atoms with Crippen molar-refractivity contribution in [1.82, 2.24) is 19.9 Å². The molecule has 3 aromatic carbocycles. The monoisotopic (exact) mass is 693 g/mol. The molecule has 2 heterocycles. The van der Waals surface area contributed by atoms with E-state index in [2.05, 4.69) is 90.1 Å². The molecule has 1 aliphatic carbocycles. The molecule has 12 nitrogen and oxygen atoms in total. The summed E-state index contributed by atoms with van der Waals surface area (Å²) in [6, 6.07) is 25.9. The summed E-state index contributed by atoms with van der Waals surface area (Å²) in [4.78, 5) is 30.0. The number of amides is 1. The topological polar surface area (TPSA) is 166 Å². The zero-order valence-corrected chi connectivity index (χ0v) is 29.1. The van der Waals surface area contributed by atoms with E-state index >= 15 is 0 Å². The van der Waals surface area contributed by atoms with Crippen molar-refractivity contribution in [2.24, 2.45) is 11.8 Å². The molecular weight excluding hydrogens is 651 g/mol. The number of aromatic amines is 1. The van der Waals surface area contributed by atoms with Crippen LogP contribution in [0, 0.1) is 25.7 Å². The maximum Gasteiger partial charge on any atom is 0.262 e. The van der Waals surface area contributed by atoms with E-state index in [1.807, 2.05) is 18.2 Å². The molecule has 6 N–H and O–H groups in total. The van der Waals surface area contributed by atoms with Crippen LogP contribution in [0.3, 0.4) is 0 Å². The normalized spacial score (nSPS) is 16.0. The summed E-state index contributed by atoms with van der Waals surface area (Å²) < 4.78 is 27.8. The van der Waals surface area contributed by atoms with Crippen LogP contribution in [-0.2, 0) is 27.9 Å². The third-order valence-corrected chi connectivity index (χ3v) is 10.5. The lowest BCUT2D eigenvalue weighted by Gasteiger charge is -2.28. The van der Waals surface area contributed by atoms with Gasteiger partial charge in [-0.2, -0.15) is 15.0 Å². The van der Waals surface area contributed by atoms with Gasteiger partial charge in [0.1, 0.15) is 5.82 Å². The molecule has 6 rings (SSSR count). The van der Waals surface area contributed by atoms with E-state index in [0.29, 0.717) is 54.9 Å². The number of hydrogen-bond donors (Lipinski definition) is 6. The Morgan fingerprint density at radius 3 is 2.12 bits per heavy atom. The molecule has 260 valence electrons. The number of aromatic nitrogens is 4. The molecule has 1 saturated carbocycles. The number of sulfonamides is 1. The van der Waals surface area contributed by atoms with Crippen LogP contribution >= 0.6 is 0 Å². The molecular formula is C37H43N9O3S. The summed E-state index contributed by atoms with van der Waals surface area (Å²) in [5, 5.41) is 13.1. The first-order chi connectivity index (χ1) is 24.2. The SMILES string of the molecule is Cc1cccc(CNc2nc(NCc3ccccc3)nc(NCC3CCC(C(=O)Nc4ccc(S(=O)(=O)Nc5ccc[nH]5)cc4)CC3)n2)c1C. The molecule has 5 aromatic rings. The third-order valence-electron chi connectivity index (χ3n) is 9.12. The van der Waals surface area contributed by atoms with E-state index in [1.54, 1.807) is 30.5 Å². The number of carbonyl (C=O) groups excluding carboxylic acids is 1. The van der Waals surface area contributed by atoms with Crippen molar-refractivity contribution < 1.29 is 13.2 Å². The fraction of sp³-hybridized carbons (Fsp3) is 0.297. The Morgan fingerprint density at radius 2 is 1.44 bits per heavy atom. The Balaban J connectivity index is 1.02. The number of carbonyl (C=O) groups is 1. The molecule has 0 bridgehead atoms.